The van der Waals surface area contributed by atoms with E-state index in [-0.39, 0.29) is 18.3 Å². The van der Waals surface area contributed by atoms with Crippen LogP contribution in [0.25, 0.3) is 0 Å². The van der Waals surface area contributed by atoms with Gasteiger partial charge < -0.3 is 13.7 Å². The molecule has 0 N–H and O–H groups in total. The molecule has 0 radical (unpaired) electrons. The lowest BCUT2D eigenvalue weighted by Crippen LogP contribution is -2.47. The summed E-state index contributed by atoms with van der Waals surface area (Å²) in [6.45, 7) is 17.3. The first kappa shape index (κ1) is 16.2. The van der Waals surface area contributed by atoms with E-state index in [9.17, 15) is 0 Å². The Hall–Kier alpha value is 0.162. The maximum Gasteiger partial charge on any atom is 0.460 e. The van der Waals surface area contributed by atoms with Gasteiger partial charge in [0.1, 0.15) is 0 Å². The van der Waals surface area contributed by atoms with Crippen LogP contribution in [-0.4, -0.2) is 33.7 Å². The van der Waals surface area contributed by atoms with Crippen LogP contribution in [0.1, 0.15) is 41.5 Å². The van der Waals surface area contributed by atoms with Crippen LogP contribution in [0.5, 0.6) is 0 Å². The van der Waals surface area contributed by atoms with Crippen molar-refractivity contribution in [1.29, 1.82) is 0 Å². The molecular formula is C13H29BO3Si. The number of rotatable bonds is 4. The maximum absolute atomic E-state index is 6.21. The van der Waals surface area contributed by atoms with Crippen LogP contribution in [0, 0.1) is 5.92 Å². The molecule has 0 amide bonds. The average Bonchev–Trinajstić information content (AvgIpc) is 2.34. The average molecular weight is 272 g/mol. The highest BCUT2D eigenvalue weighted by molar-refractivity contribution is 6.83. The third-order valence-corrected chi connectivity index (χ3v) is 8.21. The normalized spacial score (nSPS) is 24.7. The molecule has 0 spiro atoms. The van der Waals surface area contributed by atoms with Gasteiger partial charge in [0.05, 0.1) is 11.2 Å². The Morgan fingerprint density at radius 1 is 1.00 bits per heavy atom. The molecule has 0 aromatic heterocycles. The van der Waals surface area contributed by atoms with E-state index >= 15 is 0 Å². The quantitative estimate of drug-likeness (QED) is 0.733. The van der Waals surface area contributed by atoms with Gasteiger partial charge in [0.15, 0.2) is 8.32 Å². The Morgan fingerprint density at radius 3 is 1.67 bits per heavy atom. The smallest absolute Gasteiger partial charge is 0.421 e. The zero-order valence-electron chi connectivity index (χ0n) is 13.5. The summed E-state index contributed by atoms with van der Waals surface area (Å²) in [5, 5.41) is 0. The van der Waals surface area contributed by atoms with Crippen LogP contribution in [-0.2, 0) is 13.7 Å². The summed E-state index contributed by atoms with van der Waals surface area (Å²) >= 11 is 0. The lowest BCUT2D eigenvalue weighted by Gasteiger charge is -2.34. The van der Waals surface area contributed by atoms with Crippen LogP contribution < -0.4 is 0 Å². The Labute approximate surface area is 114 Å². The third-order valence-electron chi connectivity index (χ3n) is 4.61. The van der Waals surface area contributed by atoms with Crippen molar-refractivity contribution in [2.24, 2.45) is 5.92 Å². The Balaban J connectivity index is 2.99. The molecule has 5 heteroatoms. The van der Waals surface area contributed by atoms with Gasteiger partial charge in [-0.25, -0.2) is 0 Å². The summed E-state index contributed by atoms with van der Waals surface area (Å²) < 4.78 is 18.2. The van der Waals surface area contributed by atoms with Crippen LogP contribution in [0.15, 0.2) is 0 Å². The highest BCUT2D eigenvalue weighted by Gasteiger charge is 2.57. The largest absolute Gasteiger partial charge is 0.460 e. The molecule has 0 aromatic rings. The van der Waals surface area contributed by atoms with Crippen molar-refractivity contribution in [1.82, 2.24) is 0 Å². The van der Waals surface area contributed by atoms with Gasteiger partial charge in [-0.15, -0.1) is 0 Å². The standard InChI is InChI=1S/C13H29BO3Si/c1-10(2)11(18(8,9)15-7)14-16-12(3,4)13(5,6)17-14/h10-11H,1-9H3/t11-/m1/s1. The molecule has 106 valence electrons. The molecule has 1 rings (SSSR count). The zero-order valence-corrected chi connectivity index (χ0v) is 14.5. The van der Waals surface area contributed by atoms with Crippen molar-refractivity contribution < 1.29 is 13.7 Å². The van der Waals surface area contributed by atoms with Gasteiger partial charge in [-0.1, -0.05) is 13.8 Å². The fraction of sp³-hybridized carbons (Fsp3) is 1.00. The Bertz CT molecular complexity index is 287. The van der Waals surface area contributed by atoms with E-state index < -0.39 is 8.32 Å². The highest BCUT2D eigenvalue weighted by atomic mass is 28.4. The Kier molecular flexibility index (Phi) is 4.44. The van der Waals surface area contributed by atoms with Gasteiger partial charge in [0, 0.05) is 12.6 Å². The second kappa shape index (κ2) is 4.93. The maximum atomic E-state index is 6.21. The first-order chi connectivity index (χ1) is 7.94. The number of hydrogen-bond acceptors (Lipinski definition) is 3. The van der Waals surface area contributed by atoms with Gasteiger partial charge in [0.2, 0.25) is 0 Å². The minimum Gasteiger partial charge on any atom is -0.421 e. The van der Waals surface area contributed by atoms with Gasteiger partial charge in [0.25, 0.3) is 0 Å². The van der Waals surface area contributed by atoms with E-state index in [1.165, 1.54) is 0 Å². The van der Waals surface area contributed by atoms with Gasteiger partial charge in [-0.05, 0) is 46.7 Å². The Morgan fingerprint density at radius 2 is 1.39 bits per heavy atom. The molecule has 0 unspecified atom stereocenters. The molecule has 0 aliphatic carbocycles. The molecular weight excluding hydrogens is 243 g/mol. The second-order valence-electron chi connectivity index (χ2n) is 7.20. The van der Waals surface area contributed by atoms with Crippen LogP contribution in [0.3, 0.4) is 0 Å². The summed E-state index contributed by atoms with van der Waals surface area (Å²) in [5.41, 5.74) is -0.185. The lowest BCUT2D eigenvalue weighted by atomic mass is 9.77. The minimum atomic E-state index is -1.81. The van der Waals surface area contributed by atoms with E-state index in [1.807, 2.05) is 7.11 Å². The molecule has 1 aliphatic heterocycles. The molecule has 0 bridgehead atoms. The molecule has 0 aromatic carbocycles. The zero-order chi connectivity index (χ0) is 14.4. The molecule has 1 heterocycles. The number of hydrogen-bond donors (Lipinski definition) is 0. The first-order valence-electron chi connectivity index (χ1n) is 6.85. The van der Waals surface area contributed by atoms with Crippen molar-refractivity contribution >= 4 is 15.4 Å². The monoisotopic (exact) mass is 272 g/mol. The third kappa shape index (κ3) is 2.84. The summed E-state index contributed by atoms with van der Waals surface area (Å²) in [7, 11) is -0.153. The SMILES string of the molecule is CO[Si](C)(C)[C@@H](B1OC(C)(C)C(C)(C)O1)C(C)C. The van der Waals surface area contributed by atoms with E-state index in [0.717, 1.165) is 0 Å². The van der Waals surface area contributed by atoms with E-state index in [2.05, 4.69) is 54.6 Å². The van der Waals surface area contributed by atoms with Crippen LogP contribution in [0.2, 0.25) is 18.5 Å². The van der Waals surface area contributed by atoms with Crippen molar-refractivity contribution in [3.05, 3.63) is 0 Å². The lowest BCUT2D eigenvalue weighted by molar-refractivity contribution is 0.00578. The predicted molar refractivity (Wildman–Crippen MR) is 79.2 cm³/mol. The van der Waals surface area contributed by atoms with Gasteiger partial charge in [-0.3, -0.25) is 0 Å². The van der Waals surface area contributed by atoms with Gasteiger partial charge >= 0.3 is 7.12 Å². The van der Waals surface area contributed by atoms with E-state index in [4.69, 9.17) is 13.7 Å². The molecule has 18 heavy (non-hydrogen) atoms. The summed E-state index contributed by atoms with van der Waals surface area (Å²) in [5.74, 6) is 0.487. The molecule has 0 saturated carbocycles. The van der Waals surface area contributed by atoms with Gasteiger partial charge in [-0.2, -0.15) is 0 Å². The topological polar surface area (TPSA) is 27.7 Å². The fourth-order valence-electron chi connectivity index (χ4n) is 2.62. The summed E-state index contributed by atoms with van der Waals surface area (Å²) in [6, 6.07) is 0. The fourth-order valence-corrected chi connectivity index (χ4v) is 5.29. The molecule has 1 fully saturated rings. The molecule has 3 nitrogen and oxygen atoms in total. The van der Waals surface area contributed by atoms with Crippen molar-refractivity contribution in [2.75, 3.05) is 7.11 Å². The van der Waals surface area contributed by atoms with Crippen molar-refractivity contribution in [3.8, 4) is 0 Å². The first-order valence-corrected chi connectivity index (χ1v) is 9.84. The van der Waals surface area contributed by atoms with Crippen LogP contribution >= 0.6 is 0 Å². The highest BCUT2D eigenvalue weighted by Crippen LogP contribution is 2.44. The molecule has 1 atom stereocenters. The molecule has 1 saturated heterocycles. The van der Waals surface area contributed by atoms with Crippen LogP contribution in [0.4, 0.5) is 0 Å². The van der Waals surface area contributed by atoms with E-state index in [1.54, 1.807) is 0 Å². The minimum absolute atomic E-state index is 0.156. The van der Waals surface area contributed by atoms with Crippen molar-refractivity contribution in [3.63, 3.8) is 0 Å². The summed E-state index contributed by atoms with van der Waals surface area (Å²) in [6.07, 6.45) is 0. The van der Waals surface area contributed by atoms with E-state index in [0.29, 0.717) is 11.4 Å². The van der Waals surface area contributed by atoms with Crippen molar-refractivity contribution in [2.45, 2.75) is 71.3 Å². The second-order valence-corrected chi connectivity index (χ2v) is 11.5. The predicted octanol–water partition coefficient (Wildman–Crippen LogP) is 3.50. The summed E-state index contributed by atoms with van der Waals surface area (Å²) in [4.78, 5) is 0. The molecule has 1 aliphatic rings.